The number of hydrogen-bond acceptors (Lipinski definition) is 7. The van der Waals surface area contributed by atoms with Crippen LogP contribution in [0.25, 0.3) is 10.9 Å². The summed E-state index contributed by atoms with van der Waals surface area (Å²) in [4.78, 5) is 23.5. The third kappa shape index (κ3) is 6.22. The lowest BCUT2D eigenvalue weighted by Crippen LogP contribution is -2.50. The lowest BCUT2D eigenvalue weighted by Gasteiger charge is -2.41. The molecule has 1 N–H and O–H groups in total. The molecule has 1 saturated heterocycles. The lowest BCUT2D eigenvalue weighted by atomic mass is 9.83. The normalized spacial score (nSPS) is 25.1. The number of benzene rings is 1. The van der Waals surface area contributed by atoms with Crippen molar-refractivity contribution in [2.24, 2.45) is 5.92 Å². The van der Waals surface area contributed by atoms with Gasteiger partial charge in [0, 0.05) is 18.0 Å². The second-order valence-electron chi connectivity index (χ2n) is 10.8. The molecule has 1 aromatic heterocycles. The third-order valence-electron chi connectivity index (χ3n) is 7.44. The lowest BCUT2D eigenvalue weighted by molar-refractivity contribution is -0.137. The summed E-state index contributed by atoms with van der Waals surface area (Å²) in [6.45, 7) is 7.63. The fourth-order valence-corrected chi connectivity index (χ4v) is 6.81. The smallest absolute Gasteiger partial charge is 0.376 e. The first-order chi connectivity index (χ1) is 17.8. The number of rotatable bonds is 8. The molecule has 12 heteroatoms. The van der Waals surface area contributed by atoms with Crippen molar-refractivity contribution in [3.63, 3.8) is 0 Å². The number of sulfone groups is 1. The molecule has 0 bridgehead atoms. The topological polar surface area (TPSA) is 101 Å². The molecule has 1 amide bonds. The molecule has 1 aliphatic carbocycles. The van der Waals surface area contributed by atoms with Gasteiger partial charge in [-0.2, -0.15) is 13.2 Å². The summed E-state index contributed by atoms with van der Waals surface area (Å²) in [6, 6.07) is 2.29. The number of nitrogens with zero attached hydrogens (tertiary/aromatic N) is 3. The van der Waals surface area contributed by atoms with E-state index in [1.165, 1.54) is 12.4 Å². The zero-order valence-electron chi connectivity index (χ0n) is 22.0. The van der Waals surface area contributed by atoms with E-state index in [1.807, 2.05) is 13.8 Å². The van der Waals surface area contributed by atoms with Crippen LogP contribution in [0.2, 0.25) is 0 Å². The van der Waals surface area contributed by atoms with Crippen LogP contribution in [0, 0.1) is 5.92 Å². The third-order valence-corrected chi connectivity index (χ3v) is 9.77. The number of fused-ring (bicyclic) bond motifs is 1. The average Bonchev–Trinajstić information content (AvgIpc) is 3.17. The number of anilines is 1. The highest BCUT2D eigenvalue weighted by atomic mass is 32.2. The van der Waals surface area contributed by atoms with Crippen molar-refractivity contribution < 1.29 is 31.1 Å². The van der Waals surface area contributed by atoms with Gasteiger partial charge in [-0.1, -0.05) is 0 Å². The Morgan fingerprint density at radius 2 is 1.87 bits per heavy atom. The minimum absolute atomic E-state index is 0.0152. The van der Waals surface area contributed by atoms with Gasteiger partial charge in [-0.25, -0.2) is 18.4 Å². The molecule has 2 fully saturated rings. The largest absolute Gasteiger partial charge is 0.416 e. The van der Waals surface area contributed by atoms with E-state index < -0.39 is 32.9 Å². The van der Waals surface area contributed by atoms with Gasteiger partial charge in [-0.3, -0.25) is 4.79 Å². The van der Waals surface area contributed by atoms with Crippen LogP contribution >= 0.6 is 0 Å². The number of hydrogen-bond donors (Lipinski definition) is 1. The molecular formula is C26H35F3N4O4S. The minimum atomic E-state index is -4.52. The predicted octanol–water partition coefficient (Wildman–Crippen LogP) is 4.45. The Bertz CT molecular complexity index is 1270. The Labute approximate surface area is 221 Å². The summed E-state index contributed by atoms with van der Waals surface area (Å²) in [5, 5.41) is 2.70. The summed E-state index contributed by atoms with van der Waals surface area (Å²) in [5.74, 6) is -0.332. The molecule has 4 rings (SSSR count). The molecule has 0 spiro atoms. The van der Waals surface area contributed by atoms with Crippen molar-refractivity contribution >= 4 is 32.5 Å². The minimum Gasteiger partial charge on any atom is -0.376 e. The van der Waals surface area contributed by atoms with Crippen LogP contribution in [0.1, 0.15) is 58.9 Å². The number of ether oxygens (including phenoxy) is 1. The fourth-order valence-electron chi connectivity index (χ4n) is 5.47. The van der Waals surface area contributed by atoms with Gasteiger partial charge in [-0.15, -0.1) is 0 Å². The maximum absolute atomic E-state index is 13.5. The number of halogens is 3. The van der Waals surface area contributed by atoms with Gasteiger partial charge in [0.25, 0.3) is 0 Å². The number of amides is 1. The first-order valence-corrected chi connectivity index (χ1v) is 14.7. The van der Waals surface area contributed by atoms with Crippen LogP contribution in [0.4, 0.5) is 19.0 Å². The van der Waals surface area contributed by atoms with Gasteiger partial charge in [0.15, 0.2) is 9.84 Å². The maximum atomic E-state index is 13.5. The highest BCUT2D eigenvalue weighted by Crippen LogP contribution is 2.36. The van der Waals surface area contributed by atoms with Gasteiger partial charge in [-0.05, 0) is 77.5 Å². The molecule has 8 nitrogen and oxygen atoms in total. The molecule has 1 aliphatic heterocycles. The fraction of sp³-hybridized carbons (Fsp3) is 0.654. The molecule has 1 aromatic carbocycles. The van der Waals surface area contributed by atoms with Crippen LogP contribution in [-0.2, 0) is 25.5 Å². The second-order valence-corrected chi connectivity index (χ2v) is 13.4. The molecular weight excluding hydrogens is 521 g/mol. The molecule has 2 aromatic rings. The number of likely N-dealkylation sites (tertiary alicyclic amines) is 1. The summed E-state index contributed by atoms with van der Waals surface area (Å²) < 4.78 is 71.6. The molecule has 0 radical (unpaired) electrons. The number of carbonyl (C=O) groups excluding carboxylic acids is 1. The van der Waals surface area contributed by atoms with Crippen LogP contribution in [0.15, 0.2) is 24.5 Å². The first-order valence-electron chi connectivity index (χ1n) is 13.0. The highest BCUT2D eigenvalue weighted by Gasteiger charge is 2.44. The van der Waals surface area contributed by atoms with E-state index in [0.29, 0.717) is 31.3 Å². The zero-order valence-corrected chi connectivity index (χ0v) is 22.8. The Morgan fingerprint density at radius 1 is 1.13 bits per heavy atom. The summed E-state index contributed by atoms with van der Waals surface area (Å²) in [5.41, 5.74) is -0.489. The average molecular weight is 557 g/mol. The SMILES string of the molecule is CC(C)O[C@H]1CC[C@H](N2CC[C@H](Nc3ncnc4ccc(C(F)(F)F)cc34)C2=O)[C@@H](CS(=O)(=O)C(C)C)C1. The molecule has 1 saturated carbocycles. The predicted molar refractivity (Wildman–Crippen MR) is 138 cm³/mol. The van der Waals surface area contributed by atoms with Crippen LogP contribution in [-0.4, -0.2) is 71.0 Å². The van der Waals surface area contributed by atoms with Crippen molar-refractivity contribution in [3.05, 3.63) is 30.1 Å². The molecule has 0 unspecified atom stereocenters. The highest BCUT2D eigenvalue weighted by molar-refractivity contribution is 7.91. The Balaban J connectivity index is 1.55. The van der Waals surface area contributed by atoms with Gasteiger partial charge in [0.1, 0.15) is 18.2 Å². The Morgan fingerprint density at radius 3 is 2.53 bits per heavy atom. The molecule has 38 heavy (non-hydrogen) atoms. The summed E-state index contributed by atoms with van der Waals surface area (Å²) in [7, 11) is -3.35. The maximum Gasteiger partial charge on any atom is 0.416 e. The number of alkyl halides is 3. The van der Waals surface area contributed by atoms with E-state index in [-0.39, 0.29) is 47.0 Å². The number of carbonyl (C=O) groups is 1. The van der Waals surface area contributed by atoms with Gasteiger partial charge in [0.05, 0.1) is 34.3 Å². The Kier molecular flexibility index (Phi) is 8.23. The Hall–Kier alpha value is -2.47. The molecule has 210 valence electrons. The van der Waals surface area contributed by atoms with Gasteiger partial charge in [0.2, 0.25) is 5.91 Å². The van der Waals surface area contributed by atoms with Crippen molar-refractivity contribution in [2.45, 2.75) is 89.1 Å². The van der Waals surface area contributed by atoms with Gasteiger partial charge < -0.3 is 15.0 Å². The van der Waals surface area contributed by atoms with Crippen LogP contribution < -0.4 is 5.32 Å². The molecule has 2 aliphatic rings. The second kappa shape index (κ2) is 11.0. The van der Waals surface area contributed by atoms with Crippen molar-refractivity contribution in [2.75, 3.05) is 17.6 Å². The quantitative estimate of drug-likeness (QED) is 0.513. The van der Waals surface area contributed by atoms with E-state index in [4.69, 9.17) is 4.74 Å². The summed E-state index contributed by atoms with van der Waals surface area (Å²) in [6.07, 6.45) is -1.01. The van der Waals surface area contributed by atoms with Crippen molar-refractivity contribution in [3.8, 4) is 0 Å². The first kappa shape index (κ1) is 28.5. The van der Waals surface area contributed by atoms with E-state index in [1.54, 1.807) is 18.7 Å². The number of nitrogens with one attached hydrogen (secondary N) is 1. The van der Waals surface area contributed by atoms with Crippen LogP contribution in [0.3, 0.4) is 0 Å². The van der Waals surface area contributed by atoms with Gasteiger partial charge >= 0.3 is 6.18 Å². The van der Waals surface area contributed by atoms with E-state index in [2.05, 4.69) is 15.3 Å². The van der Waals surface area contributed by atoms with Crippen molar-refractivity contribution in [1.29, 1.82) is 0 Å². The van der Waals surface area contributed by atoms with E-state index in [9.17, 15) is 26.4 Å². The molecule has 2 heterocycles. The van der Waals surface area contributed by atoms with E-state index >= 15 is 0 Å². The zero-order chi connectivity index (χ0) is 27.8. The van der Waals surface area contributed by atoms with Crippen LogP contribution in [0.5, 0.6) is 0 Å². The summed E-state index contributed by atoms with van der Waals surface area (Å²) >= 11 is 0. The van der Waals surface area contributed by atoms with E-state index in [0.717, 1.165) is 18.6 Å². The standard InChI is InChI=1S/C26H35F3N4O4S/c1-15(2)37-19-6-8-23(17(11-19)13-38(35,36)16(3)4)33-10-9-22(25(33)34)32-24-20-12-18(26(27,28)29)5-7-21(20)30-14-31-24/h5,7,12,14-17,19,22-23H,6,8-11,13H2,1-4H3,(H,30,31,32)/t17-,19+,22+,23+/m1/s1. The molecule has 4 atom stereocenters. The number of aromatic nitrogens is 2. The monoisotopic (exact) mass is 556 g/mol. The van der Waals surface area contributed by atoms with Crippen molar-refractivity contribution in [1.82, 2.24) is 14.9 Å².